The molecule has 1 unspecified atom stereocenters. The van der Waals surface area contributed by atoms with Gasteiger partial charge in [0.1, 0.15) is 0 Å². The van der Waals surface area contributed by atoms with Gasteiger partial charge in [-0.05, 0) is 55.8 Å². The molecule has 0 N–H and O–H groups in total. The van der Waals surface area contributed by atoms with Crippen molar-refractivity contribution in [2.45, 2.75) is 46.1 Å². The number of fused-ring (bicyclic) bond motifs is 1. The Balaban J connectivity index is 0.000000948. The molecule has 1 fully saturated rings. The maximum atomic E-state index is 12.6. The first kappa shape index (κ1) is 18.8. The van der Waals surface area contributed by atoms with Crippen LogP contribution in [0.1, 0.15) is 54.6 Å². The van der Waals surface area contributed by atoms with Crippen molar-refractivity contribution in [1.29, 1.82) is 0 Å². The van der Waals surface area contributed by atoms with Crippen molar-refractivity contribution in [2.24, 2.45) is 11.8 Å². The number of carbonyl (C=O) groups is 1. The molecule has 2 aromatic carbocycles. The predicted octanol–water partition coefficient (Wildman–Crippen LogP) is 5.37. The number of hydrogen-bond acceptors (Lipinski definition) is 2. The third-order valence-electron chi connectivity index (χ3n) is 5.69. The van der Waals surface area contributed by atoms with E-state index in [4.69, 9.17) is 0 Å². The van der Waals surface area contributed by atoms with Crippen LogP contribution in [0.2, 0.25) is 0 Å². The van der Waals surface area contributed by atoms with Crippen LogP contribution in [0.3, 0.4) is 0 Å². The summed E-state index contributed by atoms with van der Waals surface area (Å²) in [5.74, 6) is 1.32. The molecule has 1 aliphatic heterocycles. The van der Waals surface area contributed by atoms with Gasteiger partial charge in [-0.1, -0.05) is 68.4 Å². The van der Waals surface area contributed by atoms with Crippen LogP contribution in [0, 0.1) is 11.8 Å². The Hall–Kier alpha value is -1.93. The first-order valence-electron chi connectivity index (χ1n) is 10.2. The van der Waals surface area contributed by atoms with Crippen LogP contribution >= 0.6 is 0 Å². The van der Waals surface area contributed by atoms with Gasteiger partial charge in [0, 0.05) is 18.0 Å². The molecule has 2 aliphatic rings. The number of carbonyl (C=O) groups excluding carboxylic acids is 1. The van der Waals surface area contributed by atoms with Crippen molar-refractivity contribution in [3.63, 3.8) is 0 Å². The summed E-state index contributed by atoms with van der Waals surface area (Å²) in [5.41, 5.74) is 3.63. The molecule has 0 amide bonds. The van der Waals surface area contributed by atoms with Crippen LogP contribution in [-0.4, -0.2) is 23.8 Å². The Morgan fingerprint density at radius 3 is 2.27 bits per heavy atom. The molecular formula is C24H31NO. The summed E-state index contributed by atoms with van der Waals surface area (Å²) in [4.78, 5) is 15.1. The first-order chi connectivity index (χ1) is 12.8. The minimum Gasteiger partial charge on any atom is -0.299 e. The van der Waals surface area contributed by atoms with E-state index in [1.54, 1.807) is 0 Å². The highest BCUT2D eigenvalue weighted by Crippen LogP contribution is 2.34. The lowest BCUT2D eigenvalue weighted by atomic mass is 9.85. The largest absolute Gasteiger partial charge is 0.299 e. The van der Waals surface area contributed by atoms with Gasteiger partial charge >= 0.3 is 0 Å². The molecule has 2 nitrogen and oxygen atoms in total. The van der Waals surface area contributed by atoms with Crippen molar-refractivity contribution in [3.05, 3.63) is 71.3 Å². The molecule has 138 valence electrons. The highest BCUT2D eigenvalue weighted by molar-refractivity contribution is 6.02. The van der Waals surface area contributed by atoms with Crippen LogP contribution in [0.15, 0.2) is 54.6 Å². The first-order valence-corrected chi connectivity index (χ1v) is 10.2. The number of likely N-dealkylation sites (tertiary alicyclic amines) is 1. The number of nitrogens with zero attached hydrogens (tertiary/aromatic N) is 1. The van der Waals surface area contributed by atoms with Crippen LogP contribution < -0.4 is 0 Å². The standard InChI is InChI=1S/C22H25NO.C2H6/c24-22-20(15-19-8-4-5-9-21(19)22)14-17-10-12-23(13-11-17)16-18-6-2-1-3-7-18;1-2/h1-9,17,20H,10-16H2;1-2H3. The normalized spacial score (nSPS) is 20.4. The quantitative estimate of drug-likeness (QED) is 0.739. The van der Waals surface area contributed by atoms with Gasteiger partial charge in [0.15, 0.2) is 5.78 Å². The Kier molecular flexibility index (Phi) is 6.62. The summed E-state index contributed by atoms with van der Waals surface area (Å²) in [7, 11) is 0. The van der Waals surface area contributed by atoms with Crippen molar-refractivity contribution in [2.75, 3.05) is 13.1 Å². The zero-order chi connectivity index (χ0) is 18.4. The summed E-state index contributed by atoms with van der Waals surface area (Å²) in [5, 5.41) is 0. The minimum absolute atomic E-state index is 0.230. The van der Waals surface area contributed by atoms with Gasteiger partial charge in [0.25, 0.3) is 0 Å². The maximum Gasteiger partial charge on any atom is 0.166 e. The molecular weight excluding hydrogens is 318 g/mol. The van der Waals surface area contributed by atoms with Crippen molar-refractivity contribution >= 4 is 5.78 Å². The van der Waals surface area contributed by atoms with E-state index in [2.05, 4.69) is 47.4 Å². The van der Waals surface area contributed by atoms with Crippen molar-refractivity contribution in [1.82, 2.24) is 4.90 Å². The average Bonchev–Trinajstić information content (AvgIpc) is 3.02. The highest BCUT2D eigenvalue weighted by atomic mass is 16.1. The van der Waals surface area contributed by atoms with Crippen LogP contribution in [0.4, 0.5) is 0 Å². The van der Waals surface area contributed by atoms with Gasteiger partial charge in [-0.3, -0.25) is 9.69 Å². The van der Waals surface area contributed by atoms with Gasteiger partial charge in [-0.15, -0.1) is 0 Å². The number of piperidine rings is 1. The number of rotatable bonds is 4. The SMILES string of the molecule is CC.O=C1c2ccccc2CC1CC1CCN(Cc2ccccc2)CC1. The van der Waals surface area contributed by atoms with E-state index in [1.807, 2.05) is 26.0 Å². The minimum atomic E-state index is 0.230. The van der Waals surface area contributed by atoms with Crippen LogP contribution in [0.5, 0.6) is 0 Å². The lowest BCUT2D eigenvalue weighted by Crippen LogP contribution is -2.34. The predicted molar refractivity (Wildman–Crippen MR) is 108 cm³/mol. The fourth-order valence-corrected chi connectivity index (χ4v) is 4.33. The number of hydrogen-bond donors (Lipinski definition) is 0. The molecule has 4 rings (SSSR count). The van der Waals surface area contributed by atoms with E-state index in [0.29, 0.717) is 11.7 Å². The van der Waals surface area contributed by atoms with Crippen molar-refractivity contribution < 1.29 is 4.79 Å². The molecule has 1 saturated heterocycles. The molecule has 1 aliphatic carbocycles. The summed E-state index contributed by atoms with van der Waals surface area (Å²) < 4.78 is 0. The number of ketones is 1. The van der Waals surface area contributed by atoms with E-state index in [-0.39, 0.29) is 5.92 Å². The highest BCUT2D eigenvalue weighted by Gasteiger charge is 2.32. The third-order valence-corrected chi connectivity index (χ3v) is 5.69. The molecule has 1 heterocycles. The van der Waals surface area contributed by atoms with E-state index >= 15 is 0 Å². The summed E-state index contributed by atoms with van der Waals surface area (Å²) >= 11 is 0. The van der Waals surface area contributed by atoms with Gasteiger partial charge in [-0.25, -0.2) is 0 Å². The molecule has 0 spiro atoms. The second kappa shape index (κ2) is 9.14. The monoisotopic (exact) mass is 349 g/mol. The van der Waals surface area contributed by atoms with Gasteiger partial charge in [0.2, 0.25) is 0 Å². The fraction of sp³-hybridized carbons (Fsp3) is 0.458. The molecule has 1 atom stereocenters. The molecule has 0 saturated carbocycles. The summed E-state index contributed by atoms with van der Waals surface area (Å²) in [6.45, 7) is 7.38. The maximum absolute atomic E-state index is 12.6. The molecule has 0 bridgehead atoms. The Labute approximate surface area is 158 Å². The van der Waals surface area contributed by atoms with Crippen LogP contribution in [0.25, 0.3) is 0 Å². The van der Waals surface area contributed by atoms with E-state index in [1.165, 1.54) is 24.0 Å². The topological polar surface area (TPSA) is 20.3 Å². The van der Waals surface area contributed by atoms with E-state index < -0.39 is 0 Å². The smallest absolute Gasteiger partial charge is 0.166 e. The fourth-order valence-electron chi connectivity index (χ4n) is 4.33. The Morgan fingerprint density at radius 1 is 0.923 bits per heavy atom. The summed E-state index contributed by atoms with van der Waals surface area (Å²) in [6, 6.07) is 18.9. The molecule has 0 radical (unpaired) electrons. The number of benzene rings is 2. The molecule has 2 aromatic rings. The number of Topliss-reactive ketones (excluding diaryl/α,β-unsaturated/α-hetero) is 1. The van der Waals surface area contributed by atoms with Crippen LogP contribution in [-0.2, 0) is 13.0 Å². The van der Waals surface area contributed by atoms with Gasteiger partial charge in [0.05, 0.1) is 0 Å². The van der Waals surface area contributed by atoms with E-state index in [0.717, 1.165) is 38.0 Å². The van der Waals surface area contributed by atoms with Gasteiger partial charge < -0.3 is 0 Å². The second-order valence-corrected chi connectivity index (χ2v) is 7.36. The summed E-state index contributed by atoms with van der Waals surface area (Å²) in [6.07, 6.45) is 4.49. The third kappa shape index (κ3) is 4.42. The van der Waals surface area contributed by atoms with Gasteiger partial charge in [-0.2, -0.15) is 0 Å². The molecule has 0 aromatic heterocycles. The van der Waals surface area contributed by atoms with E-state index in [9.17, 15) is 4.79 Å². The lowest BCUT2D eigenvalue weighted by Gasteiger charge is -2.32. The van der Waals surface area contributed by atoms with Crippen molar-refractivity contribution in [3.8, 4) is 0 Å². The average molecular weight is 350 g/mol. The zero-order valence-electron chi connectivity index (χ0n) is 16.2. The lowest BCUT2D eigenvalue weighted by molar-refractivity contribution is 0.0896. The molecule has 2 heteroatoms. The Morgan fingerprint density at radius 2 is 1.58 bits per heavy atom. The molecule has 26 heavy (non-hydrogen) atoms. The Bertz CT molecular complexity index is 701. The second-order valence-electron chi connectivity index (χ2n) is 7.36. The zero-order valence-corrected chi connectivity index (χ0v) is 16.2.